The highest BCUT2D eigenvalue weighted by Crippen LogP contribution is 2.20. The molecule has 0 unspecified atom stereocenters. The smallest absolute Gasteiger partial charge is 0.238 e. The van der Waals surface area contributed by atoms with Gasteiger partial charge in [-0.2, -0.15) is 10.2 Å². The number of anilines is 1. The number of nitrogens with one attached hydrogen (secondary N) is 1. The van der Waals surface area contributed by atoms with Crippen LogP contribution in [0, 0.1) is 0 Å². The minimum absolute atomic E-state index is 0.0854. The van der Waals surface area contributed by atoms with E-state index in [4.69, 9.17) is 4.42 Å². The van der Waals surface area contributed by atoms with Crippen LogP contribution in [0.15, 0.2) is 87.6 Å². The van der Waals surface area contributed by atoms with Gasteiger partial charge in [-0.3, -0.25) is 9.69 Å². The monoisotopic (exact) mass is 348 g/mol. The lowest BCUT2D eigenvalue weighted by Gasteiger charge is -2.14. The molecule has 1 aromatic heterocycles. The van der Waals surface area contributed by atoms with E-state index in [2.05, 4.69) is 15.5 Å². The molecule has 6 heteroatoms. The van der Waals surface area contributed by atoms with E-state index in [0.29, 0.717) is 6.54 Å². The normalized spacial score (nSPS) is 11.2. The first-order valence-corrected chi connectivity index (χ1v) is 8.27. The summed E-state index contributed by atoms with van der Waals surface area (Å²) in [6, 6.07) is 20.5. The zero-order chi connectivity index (χ0) is 18.2. The van der Waals surface area contributed by atoms with Crippen LogP contribution in [0.2, 0.25) is 0 Å². The number of carbonyl (C=O) groups excluding carboxylic acids is 1. The van der Waals surface area contributed by atoms with Crippen molar-refractivity contribution >= 4 is 23.0 Å². The van der Waals surface area contributed by atoms with Crippen LogP contribution in [-0.2, 0) is 11.3 Å². The fourth-order valence-electron chi connectivity index (χ4n) is 2.39. The fourth-order valence-corrected chi connectivity index (χ4v) is 2.39. The van der Waals surface area contributed by atoms with E-state index in [1.807, 2.05) is 78.7 Å². The number of rotatable bonds is 7. The second kappa shape index (κ2) is 8.73. The molecule has 1 amide bonds. The number of benzene rings is 2. The van der Waals surface area contributed by atoms with Crippen molar-refractivity contribution in [1.82, 2.24) is 4.90 Å². The van der Waals surface area contributed by atoms with Gasteiger partial charge in [0.05, 0.1) is 30.7 Å². The number of hydrogen-bond acceptors (Lipinski definition) is 5. The molecule has 0 aliphatic heterocycles. The van der Waals surface area contributed by atoms with E-state index in [1.54, 1.807) is 6.26 Å². The summed E-state index contributed by atoms with van der Waals surface area (Å²) < 4.78 is 5.28. The van der Waals surface area contributed by atoms with Gasteiger partial charge in [0.2, 0.25) is 5.91 Å². The third-order valence-corrected chi connectivity index (χ3v) is 3.61. The molecule has 0 radical (unpaired) electrons. The molecule has 0 aliphatic carbocycles. The highest BCUT2D eigenvalue weighted by Gasteiger charge is 2.08. The Morgan fingerprint density at radius 1 is 0.962 bits per heavy atom. The van der Waals surface area contributed by atoms with Crippen LogP contribution < -0.4 is 5.32 Å². The molecule has 132 valence electrons. The molecule has 0 atom stereocenters. The Morgan fingerprint density at radius 3 is 2.31 bits per heavy atom. The number of azo groups is 1. The van der Waals surface area contributed by atoms with Gasteiger partial charge in [0.15, 0.2) is 0 Å². The maximum absolute atomic E-state index is 12.1. The van der Waals surface area contributed by atoms with E-state index < -0.39 is 0 Å². The first-order valence-electron chi connectivity index (χ1n) is 8.27. The highest BCUT2D eigenvalue weighted by atomic mass is 16.3. The average molecular weight is 348 g/mol. The second-order valence-corrected chi connectivity index (χ2v) is 5.88. The van der Waals surface area contributed by atoms with Gasteiger partial charge in [-0.25, -0.2) is 0 Å². The van der Waals surface area contributed by atoms with Crippen molar-refractivity contribution in [3.8, 4) is 0 Å². The van der Waals surface area contributed by atoms with Gasteiger partial charge in [-0.05, 0) is 55.6 Å². The van der Waals surface area contributed by atoms with Gasteiger partial charge in [0.1, 0.15) is 5.76 Å². The molecule has 26 heavy (non-hydrogen) atoms. The average Bonchev–Trinajstić information content (AvgIpc) is 3.14. The summed E-state index contributed by atoms with van der Waals surface area (Å²) >= 11 is 0. The number of furan rings is 1. The maximum atomic E-state index is 12.1. The number of likely N-dealkylation sites (N-methyl/N-ethyl adjacent to an activating group) is 1. The zero-order valence-electron chi connectivity index (χ0n) is 14.5. The van der Waals surface area contributed by atoms with Gasteiger partial charge < -0.3 is 9.73 Å². The molecule has 1 N–H and O–H groups in total. The van der Waals surface area contributed by atoms with Crippen molar-refractivity contribution in [1.29, 1.82) is 0 Å². The number of hydrogen-bond donors (Lipinski definition) is 1. The van der Waals surface area contributed by atoms with Crippen molar-refractivity contribution in [3.63, 3.8) is 0 Å². The summed E-state index contributed by atoms with van der Waals surface area (Å²) in [7, 11) is 1.87. The van der Waals surface area contributed by atoms with Crippen molar-refractivity contribution in [2.45, 2.75) is 6.54 Å². The standard InChI is InChI=1S/C20H20N4O2/c1-24(14-19-8-5-13-26-19)15-20(25)21-16-9-11-18(12-10-16)23-22-17-6-3-2-4-7-17/h2-13H,14-15H2,1H3,(H,21,25). The van der Waals surface area contributed by atoms with Crippen LogP contribution >= 0.6 is 0 Å². The van der Waals surface area contributed by atoms with Crippen LogP contribution in [0.3, 0.4) is 0 Å². The number of carbonyl (C=O) groups is 1. The predicted octanol–water partition coefficient (Wildman–Crippen LogP) is 4.77. The molecule has 0 fully saturated rings. The molecular weight excluding hydrogens is 328 g/mol. The van der Waals surface area contributed by atoms with E-state index >= 15 is 0 Å². The summed E-state index contributed by atoms with van der Waals surface area (Å²) in [6.45, 7) is 0.857. The molecule has 0 bridgehead atoms. The lowest BCUT2D eigenvalue weighted by Crippen LogP contribution is -2.29. The van der Waals surface area contributed by atoms with Crippen LogP contribution in [0.25, 0.3) is 0 Å². The van der Waals surface area contributed by atoms with Gasteiger partial charge in [0.25, 0.3) is 0 Å². The van der Waals surface area contributed by atoms with E-state index in [0.717, 1.165) is 22.8 Å². The SMILES string of the molecule is CN(CC(=O)Nc1ccc(N=Nc2ccccc2)cc1)Cc1ccco1. The lowest BCUT2D eigenvalue weighted by molar-refractivity contribution is -0.117. The summed E-state index contributed by atoms with van der Waals surface area (Å²) in [4.78, 5) is 14.0. The van der Waals surface area contributed by atoms with Crippen molar-refractivity contribution in [2.24, 2.45) is 10.2 Å². The first kappa shape index (κ1) is 17.6. The quantitative estimate of drug-likeness (QED) is 0.626. The Labute approximate surface area is 152 Å². The Kier molecular flexibility index (Phi) is 5.90. The van der Waals surface area contributed by atoms with Crippen LogP contribution in [-0.4, -0.2) is 24.4 Å². The largest absolute Gasteiger partial charge is 0.468 e. The molecule has 1 heterocycles. The van der Waals surface area contributed by atoms with Crippen LogP contribution in [0.4, 0.5) is 17.1 Å². The topological polar surface area (TPSA) is 70.2 Å². The van der Waals surface area contributed by atoms with Crippen LogP contribution in [0.5, 0.6) is 0 Å². The van der Waals surface area contributed by atoms with E-state index in [9.17, 15) is 4.79 Å². The predicted molar refractivity (Wildman–Crippen MR) is 101 cm³/mol. The van der Waals surface area contributed by atoms with Crippen molar-refractivity contribution in [3.05, 3.63) is 78.8 Å². The van der Waals surface area contributed by atoms with E-state index in [1.165, 1.54) is 0 Å². The summed E-state index contributed by atoms with van der Waals surface area (Å²) in [6.07, 6.45) is 1.62. The van der Waals surface area contributed by atoms with Crippen molar-refractivity contribution < 1.29 is 9.21 Å². The van der Waals surface area contributed by atoms with Gasteiger partial charge in [-0.1, -0.05) is 18.2 Å². The lowest BCUT2D eigenvalue weighted by atomic mass is 10.3. The van der Waals surface area contributed by atoms with Gasteiger partial charge in [0, 0.05) is 5.69 Å². The zero-order valence-corrected chi connectivity index (χ0v) is 14.5. The molecular formula is C20H20N4O2. The van der Waals surface area contributed by atoms with Gasteiger partial charge in [-0.15, -0.1) is 0 Å². The molecule has 0 saturated heterocycles. The molecule has 0 aliphatic rings. The third-order valence-electron chi connectivity index (χ3n) is 3.61. The van der Waals surface area contributed by atoms with Gasteiger partial charge >= 0.3 is 0 Å². The number of amides is 1. The maximum Gasteiger partial charge on any atom is 0.238 e. The molecule has 0 saturated carbocycles. The minimum Gasteiger partial charge on any atom is -0.468 e. The van der Waals surface area contributed by atoms with Crippen LogP contribution in [0.1, 0.15) is 5.76 Å². The highest BCUT2D eigenvalue weighted by molar-refractivity contribution is 5.92. The Balaban J connectivity index is 1.50. The summed E-state index contributed by atoms with van der Waals surface area (Å²) in [5, 5.41) is 11.2. The molecule has 6 nitrogen and oxygen atoms in total. The second-order valence-electron chi connectivity index (χ2n) is 5.88. The fraction of sp³-hybridized carbons (Fsp3) is 0.150. The summed E-state index contributed by atoms with van der Waals surface area (Å²) in [5.74, 6) is 0.742. The molecule has 3 aromatic rings. The summed E-state index contributed by atoms with van der Waals surface area (Å²) in [5.41, 5.74) is 2.24. The Hall–Kier alpha value is -3.25. The molecule has 2 aromatic carbocycles. The first-order chi connectivity index (χ1) is 12.7. The number of nitrogens with zero attached hydrogens (tertiary/aromatic N) is 3. The van der Waals surface area contributed by atoms with Crippen molar-refractivity contribution in [2.75, 3.05) is 18.9 Å². The minimum atomic E-state index is -0.0854. The third kappa shape index (κ3) is 5.39. The Morgan fingerprint density at radius 2 is 1.65 bits per heavy atom. The molecule has 3 rings (SSSR count). The van der Waals surface area contributed by atoms with E-state index in [-0.39, 0.29) is 12.5 Å². The molecule has 0 spiro atoms. The Bertz CT molecular complexity index is 843.